The highest BCUT2D eigenvalue weighted by Crippen LogP contribution is 2.31. The van der Waals surface area contributed by atoms with Gasteiger partial charge in [-0.2, -0.15) is 0 Å². The molecule has 3 aromatic rings. The van der Waals surface area contributed by atoms with Gasteiger partial charge >= 0.3 is 5.97 Å². The van der Waals surface area contributed by atoms with Crippen LogP contribution in [0.25, 0.3) is 11.0 Å². The van der Waals surface area contributed by atoms with Gasteiger partial charge in [0, 0.05) is 23.9 Å². The van der Waals surface area contributed by atoms with Crippen molar-refractivity contribution >= 4 is 22.7 Å². The second kappa shape index (κ2) is 14.0. The number of carbonyl (C=O) groups excluding carboxylic acids is 2. The summed E-state index contributed by atoms with van der Waals surface area (Å²) in [5.41, 5.74) is 3.46. The van der Waals surface area contributed by atoms with Gasteiger partial charge in [0.2, 0.25) is 0 Å². The number of aryl methyl sites for hydroxylation is 1. The summed E-state index contributed by atoms with van der Waals surface area (Å²) in [7, 11) is 1.36. The fourth-order valence-electron chi connectivity index (χ4n) is 4.51. The Morgan fingerprint density at radius 2 is 1.44 bits per heavy atom. The van der Waals surface area contributed by atoms with E-state index in [4.69, 9.17) is 9.15 Å². The second-order valence-electron chi connectivity index (χ2n) is 9.53. The highest BCUT2D eigenvalue weighted by Gasteiger charge is 2.23. The number of benzene rings is 2. The average molecular weight is 492 g/mol. The molecule has 1 aromatic heterocycles. The molecule has 1 heterocycles. The van der Waals surface area contributed by atoms with E-state index in [0.29, 0.717) is 39.8 Å². The monoisotopic (exact) mass is 491 g/mol. The molecule has 5 nitrogen and oxygen atoms in total. The Kier molecular flexibility index (Phi) is 10.7. The van der Waals surface area contributed by atoms with E-state index in [-0.39, 0.29) is 5.78 Å². The zero-order valence-electron chi connectivity index (χ0n) is 22.4. The molecule has 0 unspecified atom stereocenters. The molecule has 36 heavy (non-hydrogen) atoms. The van der Waals surface area contributed by atoms with Crippen molar-refractivity contribution in [2.24, 2.45) is 0 Å². The van der Waals surface area contributed by atoms with Crippen LogP contribution in [0, 0.1) is 0 Å². The molecule has 0 fully saturated rings. The van der Waals surface area contributed by atoms with E-state index in [1.165, 1.54) is 38.4 Å². The molecule has 0 saturated heterocycles. The number of nitrogens with zero attached hydrogens (tertiary/aromatic N) is 1. The number of furan rings is 1. The summed E-state index contributed by atoms with van der Waals surface area (Å²) in [6.45, 7) is 9.92. The molecular formula is C31H41NO4. The van der Waals surface area contributed by atoms with Crippen molar-refractivity contribution in [3.05, 3.63) is 70.5 Å². The lowest BCUT2D eigenvalue weighted by atomic mass is 9.96. The molecule has 3 rings (SSSR count). The lowest BCUT2D eigenvalue weighted by molar-refractivity contribution is 0.0600. The molecular weight excluding hydrogens is 450 g/mol. The van der Waals surface area contributed by atoms with Gasteiger partial charge in [-0.05, 0) is 62.5 Å². The lowest BCUT2D eigenvalue weighted by Gasteiger charge is -2.22. The molecule has 0 aliphatic rings. The third-order valence-electron chi connectivity index (χ3n) is 6.76. The summed E-state index contributed by atoms with van der Waals surface area (Å²) in [5.74, 6) is 0.189. The Labute approximate surface area is 215 Å². The summed E-state index contributed by atoms with van der Waals surface area (Å²) >= 11 is 0. The highest BCUT2D eigenvalue weighted by atomic mass is 16.5. The van der Waals surface area contributed by atoms with E-state index in [9.17, 15) is 9.59 Å². The van der Waals surface area contributed by atoms with E-state index in [1.54, 1.807) is 18.2 Å². The predicted molar refractivity (Wildman–Crippen MR) is 146 cm³/mol. The number of ketones is 1. The van der Waals surface area contributed by atoms with Crippen LogP contribution in [0.5, 0.6) is 0 Å². The third kappa shape index (κ3) is 7.07. The van der Waals surface area contributed by atoms with Crippen molar-refractivity contribution in [1.82, 2.24) is 4.90 Å². The Balaban J connectivity index is 1.82. The van der Waals surface area contributed by atoms with Crippen LogP contribution in [0.1, 0.15) is 96.9 Å². The van der Waals surface area contributed by atoms with Gasteiger partial charge in [-0.1, -0.05) is 64.3 Å². The summed E-state index contributed by atoms with van der Waals surface area (Å²) in [6, 6.07) is 13.1. The number of hydrogen-bond acceptors (Lipinski definition) is 5. The summed E-state index contributed by atoms with van der Waals surface area (Å²) in [6.07, 6.45) is 8.47. The molecule has 0 atom stereocenters. The standard InChI is InChI=1S/C31H41NO4/c1-5-8-11-28-29(26-22-25(31(34)35-4)16-17-27(26)36-28)30(33)24-14-12-23(13-15-24)18-21-32(19-9-6-2)20-10-7-3/h12-17,22H,5-11,18-21H2,1-4H3. The van der Waals surface area contributed by atoms with Crippen LogP contribution in [0.4, 0.5) is 0 Å². The largest absolute Gasteiger partial charge is 0.465 e. The molecule has 0 amide bonds. The number of methoxy groups -OCH3 is 1. The molecule has 0 N–H and O–H groups in total. The first-order valence-corrected chi connectivity index (χ1v) is 13.5. The third-order valence-corrected chi connectivity index (χ3v) is 6.76. The van der Waals surface area contributed by atoms with Gasteiger partial charge in [-0.25, -0.2) is 4.79 Å². The van der Waals surface area contributed by atoms with Crippen molar-refractivity contribution < 1.29 is 18.7 Å². The van der Waals surface area contributed by atoms with Crippen LogP contribution < -0.4 is 0 Å². The zero-order chi connectivity index (χ0) is 25.9. The van der Waals surface area contributed by atoms with E-state index in [2.05, 4.69) is 37.8 Å². The van der Waals surface area contributed by atoms with Gasteiger partial charge in [-0.3, -0.25) is 4.79 Å². The molecule has 0 spiro atoms. The van der Waals surface area contributed by atoms with Crippen LogP contribution >= 0.6 is 0 Å². The van der Waals surface area contributed by atoms with Crippen molar-refractivity contribution in [3.63, 3.8) is 0 Å². The normalized spacial score (nSPS) is 11.4. The van der Waals surface area contributed by atoms with E-state index in [1.807, 2.05) is 12.1 Å². The molecule has 0 aliphatic heterocycles. The SMILES string of the molecule is CCCCc1oc2ccc(C(=O)OC)cc2c1C(=O)c1ccc(CCN(CCCC)CCCC)cc1. The van der Waals surface area contributed by atoms with Crippen LogP contribution in [-0.4, -0.2) is 43.4 Å². The maximum Gasteiger partial charge on any atom is 0.337 e. The van der Waals surface area contributed by atoms with E-state index in [0.717, 1.165) is 38.9 Å². The molecule has 0 aliphatic carbocycles. The van der Waals surface area contributed by atoms with Gasteiger partial charge < -0.3 is 14.1 Å². The first kappa shape index (κ1) is 27.7. The first-order chi connectivity index (χ1) is 17.5. The smallest absolute Gasteiger partial charge is 0.337 e. The number of hydrogen-bond donors (Lipinski definition) is 0. The highest BCUT2D eigenvalue weighted by molar-refractivity contribution is 6.17. The van der Waals surface area contributed by atoms with Crippen LogP contribution in [0.3, 0.4) is 0 Å². The minimum atomic E-state index is -0.428. The molecule has 2 aromatic carbocycles. The summed E-state index contributed by atoms with van der Waals surface area (Å²) in [5, 5.41) is 0.667. The van der Waals surface area contributed by atoms with E-state index < -0.39 is 5.97 Å². The minimum absolute atomic E-state index is 0.0686. The number of esters is 1. The second-order valence-corrected chi connectivity index (χ2v) is 9.53. The average Bonchev–Trinajstić information content (AvgIpc) is 3.28. The van der Waals surface area contributed by atoms with Crippen LogP contribution in [0.15, 0.2) is 46.9 Å². The molecule has 5 heteroatoms. The lowest BCUT2D eigenvalue weighted by Crippen LogP contribution is -2.28. The summed E-state index contributed by atoms with van der Waals surface area (Å²) in [4.78, 5) is 28.4. The quantitative estimate of drug-likeness (QED) is 0.166. The maximum absolute atomic E-state index is 13.7. The number of unbranched alkanes of at least 4 members (excludes halogenated alkanes) is 3. The Morgan fingerprint density at radius 3 is 2.06 bits per heavy atom. The Hall–Kier alpha value is -2.92. The molecule has 0 saturated carbocycles. The van der Waals surface area contributed by atoms with Gasteiger partial charge in [0.15, 0.2) is 5.78 Å². The van der Waals surface area contributed by atoms with Crippen molar-refractivity contribution in [2.75, 3.05) is 26.7 Å². The fraction of sp³-hybridized carbons (Fsp3) is 0.484. The first-order valence-electron chi connectivity index (χ1n) is 13.5. The van der Waals surface area contributed by atoms with Crippen molar-refractivity contribution in [1.29, 1.82) is 0 Å². The van der Waals surface area contributed by atoms with Crippen molar-refractivity contribution in [2.45, 2.75) is 72.1 Å². The number of fused-ring (bicyclic) bond motifs is 1. The number of carbonyl (C=O) groups is 2. The van der Waals surface area contributed by atoms with Crippen LogP contribution in [0.2, 0.25) is 0 Å². The minimum Gasteiger partial charge on any atom is -0.465 e. The predicted octanol–water partition coefficient (Wildman–Crippen LogP) is 7.24. The van der Waals surface area contributed by atoms with Gasteiger partial charge in [0.25, 0.3) is 0 Å². The molecule has 0 radical (unpaired) electrons. The van der Waals surface area contributed by atoms with Crippen LogP contribution in [-0.2, 0) is 17.6 Å². The maximum atomic E-state index is 13.7. The fourth-order valence-corrected chi connectivity index (χ4v) is 4.51. The van der Waals surface area contributed by atoms with Gasteiger partial charge in [-0.15, -0.1) is 0 Å². The van der Waals surface area contributed by atoms with Crippen molar-refractivity contribution in [3.8, 4) is 0 Å². The zero-order valence-corrected chi connectivity index (χ0v) is 22.4. The summed E-state index contributed by atoms with van der Waals surface area (Å²) < 4.78 is 11.0. The topological polar surface area (TPSA) is 59.8 Å². The van der Waals surface area contributed by atoms with E-state index >= 15 is 0 Å². The van der Waals surface area contributed by atoms with Gasteiger partial charge in [0.1, 0.15) is 11.3 Å². The Bertz CT molecular complexity index is 1120. The number of rotatable bonds is 15. The molecule has 194 valence electrons. The van der Waals surface area contributed by atoms with Gasteiger partial charge in [0.05, 0.1) is 18.2 Å². The Morgan fingerprint density at radius 1 is 0.806 bits per heavy atom. The number of ether oxygens (including phenoxy) is 1. The molecule has 0 bridgehead atoms.